The predicted molar refractivity (Wildman–Crippen MR) is 68.4 cm³/mol. The van der Waals surface area contributed by atoms with Gasteiger partial charge in [-0.05, 0) is 11.7 Å². The topological polar surface area (TPSA) is 92.7 Å². The molecule has 7 heteroatoms. The van der Waals surface area contributed by atoms with Crippen LogP contribution in [0.4, 0.5) is 0 Å². The molecule has 0 aliphatic rings. The average molecular weight is 277 g/mol. The van der Waals surface area contributed by atoms with Crippen molar-refractivity contribution in [2.75, 3.05) is 12.9 Å². The molecule has 1 atom stereocenters. The number of amides is 1. The van der Waals surface area contributed by atoms with E-state index in [0.29, 0.717) is 5.25 Å². The van der Waals surface area contributed by atoms with Gasteiger partial charge in [0.05, 0.1) is 12.9 Å². The molecule has 18 heavy (non-hydrogen) atoms. The van der Waals surface area contributed by atoms with E-state index in [4.69, 9.17) is 5.11 Å². The Morgan fingerprint density at radius 2 is 1.94 bits per heavy atom. The Kier molecular flexibility index (Phi) is 8.19. The van der Waals surface area contributed by atoms with Gasteiger partial charge in [-0.25, -0.2) is 4.79 Å². The average Bonchev–Trinajstić information content (AvgIpc) is 2.30. The number of methoxy groups -OCH3 is 1. The van der Waals surface area contributed by atoms with E-state index in [-0.39, 0.29) is 24.5 Å². The second kappa shape index (κ2) is 8.79. The second-order valence-corrected chi connectivity index (χ2v) is 5.50. The number of hydrogen-bond donors (Lipinski definition) is 2. The molecule has 0 rings (SSSR count). The quantitative estimate of drug-likeness (QED) is 0.633. The van der Waals surface area contributed by atoms with Crippen LogP contribution < -0.4 is 5.32 Å². The van der Waals surface area contributed by atoms with Crippen molar-refractivity contribution in [1.82, 2.24) is 5.32 Å². The Bertz CT molecular complexity index is 306. The standard InChI is InChI=1S/C11H19NO5S/c1-7(2)18-6-9(13)12-8(11(15)16)4-5-10(14)17-3/h7-8H,4-6H2,1-3H3,(H,12,13)(H,15,16)/t8-/m0/s1. The Balaban J connectivity index is 4.15. The number of hydrogen-bond acceptors (Lipinski definition) is 5. The van der Waals surface area contributed by atoms with Gasteiger partial charge in [0.25, 0.3) is 0 Å². The van der Waals surface area contributed by atoms with Gasteiger partial charge in [-0.15, -0.1) is 11.8 Å². The van der Waals surface area contributed by atoms with E-state index in [0.717, 1.165) is 0 Å². The molecule has 0 aliphatic heterocycles. The first-order valence-corrected chi connectivity index (χ1v) is 6.62. The summed E-state index contributed by atoms with van der Waals surface area (Å²) in [6, 6.07) is -1.05. The van der Waals surface area contributed by atoms with Crippen LogP contribution in [0.1, 0.15) is 26.7 Å². The zero-order valence-corrected chi connectivity index (χ0v) is 11.6. The minimum atomic E-state index is -1.15. The summed E-state index contributed by atoms with van der Waals surface area (Å²) in [6.07, 6.45) is -0.00877. The molecule has 0 aromatic carbocycles. The highest BCUT2D eigenvalue weighted by atomic mass is 32.2. The second-order valence-electron chi connectivity index (χ2n) is 3.93. The molecule has 0 saturated carbocycles. The lowest BCUT2D eigenvalue weighted by Gasteiger charge is -2.14. The molecule has 0 spiro atoms. The van der Waals surface area contributed by atoms with Crippen LogP contribution in [0.3, 0.4) is 0 Å². The molecule has 1 amide bonds. The van der Waals surface area contributed by atoms with Crippen molar-refractivity contribution in [3.63, 3.8) is 0 Å². The first-order valence-electron chi connectivity index (χ1n) is 5.57. The van der Waals surface area contributed by atoms with Crippen LogP contribution in [-0.2, 0) is 19.1 Å². The third-order valence-corrected chi connectivity index (χ3v) is 3.14. The first kappa shape index (κ1) is 16.8. The molecular formula is C11H19NO5S. The summed E-state index contributed by atoms with van der Waals surface area (Å²) in [6.45, 7) is 3.90. The fourth-order valence-electron chi connectivity index (χ4n) is 1.10. The van der Waals surface area contributed by atoms with Crippen LogP contribution in [0.25, 0.3) is 0 Å². The van der Waals surface area contributed by atoms with Crippen molar-refractivity contribution < 1.29 is 24.2 Å². The summed E-state index contributed by atoms with van der Waals surface area (Å²) in [5.41, 5.74) is 0. The highest BCUT2D eigenvalue weighted by Crippen LogP contribution is 2.08. The van der Waals surface area contributed by atoms with Crippen molar-refractivity contribution in [3.05, 3.63) is 0 Å². The maximum absolute atomic E-state index is 11.5. The first-order chi connectivity index (χ1) is 8.36. The molecule has 0 aromatic heterocycles. The van der Waals surface area contributed by atoms with Gasteiger partial charge in [-0.2, -0.15) is 0 Å². The maximum Gasteiger partial charge on any atom is 0.326 e. The van der Waals surface area contributed by atoms with E-state index in [1.54, 1.807) is 0 Å². The van der Waals surface area contributed by atoms with Crippen LogP contribution in [0, 0.1) is 0 Å². The van der Waals surface area contributed by atoms with Gasteiger partial charge in [-0.1, -0.05) is 13.8 Å². The summed E-state index contributed by atoms with van der Waals surface area (Å²) >= 11 is 1.43. The highest BCUT2D eigenvalue weighted by Gasteiger charge is 2.21. The molecule has 0 heterocycles. The Labute approximate surface area is 110 Å². The lowest BCUT2D eigenvalue weighted by atomic mass is 10.1. The van der Waals surface area contributed by atoms with E-state index < -0.39 is 18.0 Å². The SMILES string of the molecule is COC(=O)CC[C@H](NC(=O)CSC(C)C)C(=O)O. The van der Waals surface area contributed by atoms with Gasteiger partial charge in [0.1, 0.15) is 6.04 Å². The van der Waals surface area contributed by atoms with Crippen LogP contribution in [0.5, 0.6) is 0 Å². The number of ether oxygens (including phenoxy) is 1. The van der Waals surface area contributed by atoms with Gasteiger partial charge in [-0.3, -0.25) is 9.59 Å². The van der Waals surface area contributed by atoms with Crippen LogP contribution >= 0.6 is 11.8 Å². The number of thioether (sulfide) groups is 1. The number of carbonyl (C=O) groups excluding carboxylic acids is 2. The molecule has 0 aromatic rings. The molecule has 0 bridgehead atoms. The molecule has 6 nitrogen and oxygen atoms in total. The van der Waals surface area contributed by atoms with Crippen LogP contribution in [-0.4, -0.2) is 47.1 Å². The monoisotopic (exact) mass is 277 g/mol. The summed E-state index contributed by atoms with van der Waals surface area (Å²) in [4.78, 5) is 33.3. The number of carboxylic acids is 1. The molecule has 0 radical (unpaired) electrons. The molecule has 104 valence electrons. The minimum absolute atomic E-state index is 0.0279. The third kappa shape index (κ3) is 7.94. The third-order valence-electron chi connectivity index (χ3n) is 2.05. The van der Waals surface area contributed by atoms with Crippen molar-refractivity contribution in [2.24, 2.45) is 0 Å². The smallest absolute Gasteiger partial charge is 0.326 e. The van der Waals surface area contributed by atoms with Crippen molar-refractivity contribution in [2.45, 2.75) is 38.0 Å². The Morgan fingerprint density at radius 3 is 2.39 bits per heavy atom. The lowest BCUT2D eigenvalue weighted by molar-refractivity contribution is -0.143. The summed E-state index contributed by atoms with van der Waals surface area (Å²) < 4.78 is 4.42. The zero-order valence-electron chi connectivity index (χ0n) is 10.8. The zero-order chi connectivity index (χ0) is 14.1. The van der Waals surface area contributed by atoms with Crippen molar-refractivity contribution in [1.29, 1.82) is 0 Å². The van der Waals surface area contributed by atoms with Gasteiger partial charge in [0, 0.05) is 6.42 Å². The fraction of sp³-hybridized carbons (Fsp3) is 0.727. The van der Waals surface area contributed by atoms with Gasteiger partial charge < -0.3 is 15.2 Å². The van der Waals surface area contributed by atoms with E-state index in [9.17, 15) is 14.4 Å². The Morgan fingerprint density at radius 1 is 1.33 bits per heavy atom. The van der Waals surface area contributed by atoms with Gasteiger partial charge in [0.2, 0.25) is 5.91 Å². The summed E-state index contributed by atoms with van der Waals surface area (Å²) in [5.74, 6) is -1.78. The molecule has 0 fully saturated rings. The Hall–Kier alpha value is -1.24. The predicted octanol–water partition coefficient (Wildman–Crippen LogP) is 0.651. The molecular weight excluding hydrogens is 258 g/mol. The van der Waals surface area contributed by atoms with Crippen LogP contribution in [0.15, 0.2) is 0 Å². The number of esters is 1. The summed E-state index contributed by atoms with van der Waals surface area (Å²) in [7, 11) is 1.23. The largest absolute Gasteiger partial charge is 0.480 e. The lowest BCUT2D eigenvalue weighted by Crippen LogP contribution is -2.42. The van der Waals surface area contributed by atoms with Gasteiger partial charge in [0.15, 0.2) is 0 Å². The minimum Gasteiger partial charge on any atom is -0.480 e. The maximum atomic E-state index is 11.5. The molecule has 0 unspecified atom stereocenters. The number of carbonyl (C=O) groups is 3. The van der Waals surface area contributed by atoms with Crippen molar-refractivity contribution in [3.8, 4) is 0 Å². The molecule has 2 N–H and O–H groups in total. The molecule has 0 aliphatic carbocycles. The van der Waals surface area contributed by atoms with Crippen LogP contribution in [0.2, 0.25) is 0 Å². The number of rotatable bonds is 8. The number of carboxylic acid groups (broad SMARTS) is 1. The van der Waals surface area contributed by atoms with Crippen molar-refractivity contribution >= 4 is 29.6 Å². The normalized spacial score (nSPS) is 12.0. The fourth-order valence-corrected chi connectivity index (χ4v) is 1.67. The number of nitrogens with one attached hydrogen (secondary N) is 1. The van der Waals surface area contributed by atoms with E-state index in [2.05, 4.69) is 10.1 Å². The highest BCUT2D eigenvalue weighted by molar-refractivity contribution is 8.00. The molecule has 0 saturated heterocycles. The van der Waals surface area contributed by atoms with E-state index in [1.165, 1.54) is 18.9 Å². The number of aliphatic carboxylic acids is 1. The summed E-state index contributed by atoms with van der Waals surface area (Å²) in [5, 5.41) is 11.6. The van der Waals surface area contributed by atoms with E-state index >= 15 is 0 Å². The van der Waals surface area contributed by atoms with E-state index in [1.807, 2.05) is 13.8 Å². The van der Waals surface area contributed by atoms with Gasteiger partial charge >= 0.3 is 11.9 Å².